The van der Waals surface area contributed by atoms with Crippen LogP contribution in [0.4, 0.5) is 13.2 Å². The molecule has 1 rings (SSSR count). The van der Waals surface area contributed by atoms with Gasteiger partial charge in [-0.25, -0.2) is 0 Å². The van der Waals surface area contributed by atoms with Crippen molar-refractivity contribution >= 4 is 5.91 Å². The quantitative estimate of drug-likeness (QED) is 0.823. The number of aryl methyl sites for hydroxylation is 1. The van der Waals surface area contributed by atoms with Crippen molar-refractivity contribution in [1.29, 1.82) is 0 Å². The molecule has 1 aromatic heterocycles. The van der Waals surface area contributed by atoms with Crippen molar-refractivity contribution in [2.45, 2.75) is 19.6 Å². The Bertz CT molecular complexity index is 345. The Morgan fingerprint density at radius 1 is 1.60 bits per heavy atom. The van der Waals surface area contributed by atoms with E-state index in [4.69, 9.17) is 0 Å². The molecule has 0 aromatic carbocycles. The number of alkyl halides is 3. The van der Waals surface area contributed by atoms with E-state index in [1.165, 1.54) is 10.9 Å². The van der Waals surface area contributed by atoms with Crippen LogP contribution in [0.1, 0.15) is 5.69 Å². The van der Waals surface area contributed by atoms with E-state index < -0.39 is 18.6 Å². The number of aromatic nitrogens is 2. The summed E-state index contributed by atoms with van der Waals surface area (Å²) in [6, 6.07) is 1.66. The van der Waals surface area contributed by atoms with Gasteiger partial charge in [0.2, 0.25) is 5.91 Å². The molecule has 1 amide bonds. The monoisotopic (exact) mass is 221 g/mol. The first-order chi connectivity index (χ1) is 6.87. The standard InChI is InChI=1S/C8H10F3N3O/c1-6-2-3-14(13-6)4-7(15)12-5-8(9,10)11/h2-3H,4-5H2,1H3,(H,12,15). The van der Waals surface area contributed by atoms with E-state index in [0.717, 1.165) is 0 Å². The van der Waals surface area contributed by atoms with Gasteiger partial charge in [-0.3, -0.25) is 9.48 Å². The Hall–Kier alpha value is -1.53. The van der Waals surface area contributed by atoms with Gasteiger partial charge in [0.15, 0.2) is 0 Å². The zero-order valence-electron chi connectivity index (χ0n) is 8.01. The summed E-state index contributed by atoms with van der Waals surface area (Å²) in [6.45, 7) is 0.208. The van der Waals surface area contributed by atoms with Gasteiger partial charge in [0, 0.05) is 6.20 Å². The van der Waals surface area contributed by atoms with Crippen LogP contribution >= 0.6 is 0 Å². The Labute approximate surface area is 84.1 Å². The Kier molecular flexibility index (Phi) is 3.33. The van der Waals surface area contributed by atoms with Crippen LogP contribution in [0, 0.1) is 6.92 Å². The molecule has 0 unspecified atom stereocenters. The number of nitrogens with zero attached hydrogens (tertiary/aromatic N) is 2. The van der Waals surface area contributed by atoms with Crippen LogP contribution in [0.2, 0.25) is 0 Å². The minimum Gasteiger partial charge on any atom is -0.345 e. The van der Waals surface area contributed by atoms with Crippen molar-refractivity contribution in [2.75, 3.05) is 6.54 Å². The first kappa shape index (κ1) is 11.5. The van der Waals surface area contributed by atoms with Gasteiger partial charge < -0.3 is 5.32 Å². The number of halogens is 3. The second-order valence-corrected chi connectivity index (χ2v) is 3.05. The van der Waals surface area contributed by atoms with Gasteiger partial charge in [0.05, 0.1) is 5.69 Å². The SMILES string of the molecule is Cc1ccn(CC(=O)NCC(F)(F)F)n1. The predicted molar refractivity (Wildman–Crippen MR) is 46.0 cm³/mol. The lowest BCUT2D eigenvalue weighted by molar-refractivity contribution is -0.138. The molecule has 0 bridgehead atoms. The van der Waals surface area contributed by atoms with E-state index in [1.54, 1.807) is 18.3 Å². The second-order valence-electron chi connectivity index (χ2n) is 3.05. The first-order valence-corrected chi connectivity index (χ1v) is 4.20. The number of hydrogen-bond acceptors (Lipinski definition) is 2. The molecule has 0 aliphatic heterocycles. The molecule has 1 N–H and O–H groups in total. The lowest BCUT2D eigenvalue weighted by Gasteiger charge is -2.07. The Balaban J connectivity index is 2.37. The number of carbonyl (C=O) groups excluding carboxylic acids is 1. The highest BCUT2D eigenvalue weighted by molar-refractivity contribution is 5.75. The molecule has 15 heavy (non-hydrogen) atoms. The average Bonchev–Trinajstić information content (AvgIpc) is 2.47. The summed E-state index contributed by atoms with van der Waals surface area (Å²) in [4.78, 5) is 11.0. The van der Waals surface area contributed by atoms with Crippen molar-refractivity contribution < 1.29 is 18.0 Å². The number of hydrogen-bond donors (Lipinski definition) is 1. The van der Waals surface area contributed by atoms with E-state index in [1.807, 2.05) is 0 Å². The molecule has 0 atom stereocenters. The smallest absolute Gasteiger partial charge is 0.345 e. The minimum absolute atomic E-state index is 0.204. The first-order valence-electron chi connectivity index (χ1n) is 4.20. The zero-order valence-corrected chi connectivity index (χ0v) is 8.01. The molecule has 0 saturated carbocycles. The van der Waals surface area contributed by atoms with E-state index in [0.29, 0.717) is 5.69 Å². The summed E-state index contributed by atoms with van der Waals surface area (Å²) in [5.41, 5.74) is 0.707. The van der Waals surface area contributed by atoms with Crippen LogP contribution in [0.3, 0.4) is 0 Å². The summed E-state index contributed by atoms with van der Waals surface area (Å²) in [7, 11) is 0. The predicted octanol–water partition coefficient (Wildman–Crippen LogP) is 0.870. The normalized spacial score (nSPS) is 11.5. The molecule has 4 nitrogen and oxygen atoms in total. The third-order valence-electron chi connectivity index (χ3n) is 1.57. The fourth-order valence-corrected chi connectivity index (χ4v) is 0.953. The number of rotatable bonds is 3. The molecule has 7 heteroatoms. The zero-order chi connectivity index (χ0) is 11.5. The van der Waals surface area contributed by atoms with Crippen LogP contribution in [-0.2, 0) is 11.3 Å². The van der Waals surface area contributed by atoms with Crippen LogP contribution in [0.5, 0.6) is 0 Å². The molecule has 0 radical (unpaired) electrons. The average molecular weight is 221 g/mol. The second kappa shape index (κ2) is 4.33. The van der Waals surface area contributed by atoms with Crippen LogP contribution in [0.15, 0.2) is 12.3 Å². The van der Waals surface area contributed by atoms with Crippen molar-refractivity contribution in [1.82, 2.24) is 15.1 Å². The van der Waals surface area contributed by atoms with Crippen molar-refractivity contribution in [3.05, 3.63) is 18.0 Å². The van der Waals surface area contributed by atoms with Crippen molar-refractivity contribution in [3.63, 3.8) is 0 Å². The van der Waals surface area contributed by atoms with Crippen molar-refractivity contribution in [2.24, 2.45) is 0 Å². The topological polar surface area (TPSA) is 46.9 Å². The minimum atomic E-state index is -4.38. The van der Waals surface area contributed by atoms with Crippen LogP contribution in [0.25, 0.3) is 0 Å². The third-order valence-corrected chi connectivity index (χ3v) is 1.57. The maximum atomic E-state index is 11.7. The summed E-state index contributed by atoms with van der Waals surface area (Å²) in [5, 5.41) is 5.63. The largest absolute Gasteiger partial charge is 0.405 e. The molecule has 0 aliphatic rings. The lowest BCUT2D eigenvalue weighted by Crippen LogP contribution is -2.35. The molecule has 1 heterocycles. The van der Waals surface area contributed by atoms with Crippen LogP contribution < -0.4 is 5.32 Å². The van der Waals surface area contributed by atoms with Gasteiger partial charge in [-0.1, -0.05) is 0 Å². The summed E-state index contributed by atoms with van der Waals surface area (Å²) in [5.74, 6) is -0.713. The Morgan fingerprint density at radius 3 is 2.73 bits per heavy atom. The molecule has 0 spiro atoms. The summed E-state index contributed by atoms with van der Waals surface area (Å²) < 4.78 is 36.4. The maximum absolute atomic E-state index is 11.7. The fraction of sp³-hybridized carbons (Fsp3) is 0.500. The molecule has 1 aromatic rings. The lowest BCUT2D eigenvalue weighted by atomic mass is 10.5. The molecular weight excluding hydrogens is 211 g/mol. The maximum Gasteiger partial charge on any atom is 0.405 e. The van der Waals surface area contributed by atoms with E-state index in [2.05, 4.69) is 5.10 Å². The van der Waals surface area contributed by atoms with Gasteiger partial charge in [-0.15, -0.1) is 0 Å². The molecule has 0 saturated heterocycles. The van der Waals surface area contributed by atoms with Gasteiger partial charge >= 0.3 is 6.18 Å². The van der Waals surface area contributed by atoms with Gasteiger partial charge in [0.25, 0.3) is 0 Å². The number of carbonyl (C=O) groups is 1. The van der Waals surface area contributed by atoms with Gasteiger partial charge in [-0.05, 0) is 13.0 Å². The van der Waals surface area contributed by atoms with Gasteiger partial charge in [-0.2, -0.15) is 18.3 Å². The number of nitrogens with one attached hydrogen (secondary N) is 1. The Morgan fingerprint density at radius 2 is 2.27 bits per heavy atom. The highest BCUT2D eigenvalue weighted by Gasteiger charge is 2.27. The molecule has 0 fully saturated rings. The van der Waals surface area contributed by atoms with E-state index in [9.17, 15) is 18.0 Å². The summed E-state index contributed by atoms with van der Waals surface area (Å²) in [6.07, 6.45) is -2.85. The van der Waals surface area contributed by atoms with E-state index in [-0.39, 0.29) is 6.54 Å². The fourth-order valence-electron chi connectivity index (χ4n) is 0.953. The van der Waals surface area contributed by atoms with Gasteiger partial charge in [0.1, 0.15) is 13.1 Å². The molecule has 0 aliphatic carbocycles. The van der Waals surface area contributed by atoms with Crippen molar-refractivity contribution in [3.8, 4) is 0 Å². The highest BCUT2D eigenvalue weighted by atomic mass is 19.4. The number of amides is 1. The molecule has 84 valence electrons. The van der Waals surface area contributed by atoms with Crippen LogP contribution in [-0.4, -0.2) is 28.4 Å². The highest BCUT2D eigenvalue weighted by Crippen LogP contribution is 2.11. The van der Waals surface area contributed by atoms with E-state index >= 15 is 0 Å². The summed E-state index contributed by atoms with van der Waals surface area (Å²) >= 11 is 0. The third kappa shape index (κ3) is 4.48. The molecular formula is C8H10F3N3O.